The van der Waals surface area contributed by atoms with Crippen LogP contribution in [0.4, 0.5) is 5.69 Å². The van der Waals surface area contributed by atoms with Crippen LogP contribution in [-0.4, -0.2) is 25.4 Å². The largest absolute Gasteiger partial charge is 0.494 e. The molecule has 1 saturated heterocycles. The second kappa shape index (κ2) is 7.39. The highest BCUT2D eigenvalue weighted by atomic mass is 16.5. The summed E-state index contributed by atoms with van der Waals surface area (Å²) in [7, 11) is 0. The Labute approximate surface area is 116 Å². The Balaban J connectivity index is 1.90. The quantitative estimate of drug-likeness (QED) is 0.845. The van der Waals surface area contributed by atoms with Gasteiger partial charge in [0, 0.05) is 24.4 Å². The number of rotatable bonds is 6. The van der Waals surface area contributed by atoms with Crippen LogP contribution in [0.25, 0.3) is 0 Å². The fourth-order valence-electron chi connectivity index (χ4n) is 2.43. The first kappa shape index (κ1) is 14.2. The maximum atomic E-state index is 5.71. The van der Waals surface area contributed by atoms with Gasteiger partial charge in [0.1, 0.15) is 5.75 Å². The first-order valence-electron chi connectivity index (χ1n) is 7.42. The summed E-state index contributed by atoms with van der Waals surface area (Å²) >= 11 is 0. The predicted molar refractivity (Wildman–Crippen MR) is 78.9 cm³/mol. The van der Waals surface area contributed by atoms with Crippen LogP contribution < -0.4 is 10.1 Å². The number of nitrogens with one attached hydrogen (secondary N) is 1. The molecule has 2 unspecified atom stereocenters. The summed E-state index contributed by atoms with van der Waals surface area (Å²) in [4.78, 5) is 0. The molecule has 0 saturated carbocycles. The van der Waals surface area contributed by atoms with Crippen molar-refractivity contribution >= 4 is 5.69 Å². The van der Waals surface area contributed by atoms with Crippen molar-refractivity contribution in [1.82, 2.24) is 0 Å². The fraction of sp³-hybridized carbons (Fsp3) is 0.625. The highest BCUT2D eigenvalue weighted by Crippen LogP contribution is 2.23. The van der Waals surface area contributed by atoms with E-state index in [1.165, 1.54) is 0 Å². The van der Waals surface area contributed by atoms with Crippen LogP contribution in [0, 0.1) is 0 Å². The van der Waals surface area contributed by atoms with Gasteiger partial charge in [0.05, 0.1) is 12.7 Å². The Kier molecular flexibility index (Phi) is 5.52. The molecule has 0 aliphatic carbocycles. The van der Waals surface area contributed by atoms with Crippen molar-refractivity contribution in [2.45, 2.75) is 51.7 Å². The lowest BCUT2D eigenvalue weighted by Gasteiger charge is -2.30. The SMILES string of the molecule is CCCOc1cccc(NC2CCOC(CC)C2)c1. The summed E-state index contributed by atoms with van der Waals surface area (Å²) < 4.78 is 11.4. The van der Waals surface area contributed by atoms with Gasteiger partial charge < -0.3 is 14.8 Å². The van der Waals surface area contributed by atoms with E-state index in [1.54, 1.807) is 0 Å². The third kappa shape index (κ3) is 4.43. The number of benzene rings is 1. The number of anilines is 1. The Morgan fingerprint density at radius 2 is 2.26 bits per heavy atom. The maximum Gasteiger partial charge on any atom is 0.121 e. The molecule has 0 spiro atoms. The Morgan fingerprint density at radius 3 is 3.05 bits per heavy atom. The molecule has 0 bridgehead atoms. The second-order valence-corrected chi connectivity index (χ2v) is 5.14. The van der Waals surface area contributed by atoms with Crippen LogP contribution in [0.1, 0.15) is 39.5 Å². The monoisotopic (exact) mass is 263 g/mol. The van der Waals surface area contributed by atoms with Crippen LogP contribution >= 0.6 is 0 Å². The van der Waals surface area contributed by atoms with E-state index in [0.717, 1.165) is 50.3 Å². The van der Waals surface area contributed by atoms with Gasteiger partial charge in [-0.15, -0.1) is 0 Å². The molecule has 19 heavy (non-hydrogen) atoms. The third-order valence-electron chi connectivity index (χ3n) is 3.50. The van der Waals surface area contributed by atoms with Gasteiger partial charge in [-0.3, -0.25) is 0 Å². The lowest BCUT2D eigenvalue weighted by Crippen LogP contribution is -2.33. The van der Waals surface area contributed by atoms with Crippen molar-refractivity contribution < 1.29 is 9.47 Å². The van der Waals surface area contributed by atoms with Gasteiger partial charge in [-0.2, -0.15) is 0 Å². The molecule has 1 fully saturated rings. The van der Waals surface area contributed by atoms with E-state index in [1.807, 2.05) is 12.1 Å². The average molecular weight is 263 g/mol. The summed E-state index contributed by atoms with van der Waals surface area (Å²) in [5.74, 6) is 0.950. The zero-order valence-electron chi connectivity index (χ0n) is 12.0. The molecular formula is C16H25NO2. The van der Waals surface area contributed by atoms with E-state index in [9.17, 15) is 0 Å². The summed E-state index contributed by atoms with van der Waals surface area (Å²) in [5, 5.41) is 3.60. The Morgan fingerprint density at radius 1 is 1.37 bits per heavy atom. The number of hydrogen-bond acceptors (Lipinski definition) is 3. The molecule has 2 atom stereocenters. The van der Waals surface area contributed by atoms with Crippen LogP contribution in [0.15, 0.2) is 24.3 Å². The highest BCUT2D eigenvalue weighted by Gasteiger charge is 2.20. The molecule has 3 nitrogen and oxygen atoms in total. The zero-order valence-corrected chi connectivity index (χ0v) is 12.0. The number of hydrogen-bond donors (Lipinski definition) is 1. The molecule has 2 rings (SSSR count). The summed E-state index contributed by atoms with van der Waals surface area (Å²) in [5.41, 5.74) is 1.15. The minimum absolute atomic E-state index is 0.408. The lowest BCUT2D eigenvalue weighted by atomic mass is 10.0. The highest BCUT2D eigenvalue weighted by molar-refractivity contribution is 5.48. The second-order valence-electron chi connectivity index (χ2n) is 5.14. The van der Waals surface area contributed by atoms with Gasteiger partial charge in [-0.05, 0) is 37.8 Å². The molecule has 0 aromatic heterocycles. The Hall–Kier alpha value is -1.22. The summed E-state index contributed by atoms with van der Waals surface area (Å²) in [6.07, 6.45) is 4.71. The van der Waals surface area contributed by atoms with Gasteiger partial charge in [0.15, 0.2) is 0 Å². The van der Waals surface area contributed by atoms with Crippen molar-refractivity contribution in [2.75, 3.05) is 18.5 Å². The minimum atomic E-state index is 0.408. The van der Waals surface area contributed by atoms with Gasteiger partial charge in [-0.1, -0.05) is 19.9 Å². The molecule has 1 N–H and O–H groups in total. The smallest absolute Gasteiger partial charge is 0.121 e. The first-order chi connectivity index (χ1) is 9.31. The van der Waals surface area contributed by atoms with Crippen molar-refractivity contribution in [3.05, 3.63) is 24.3 Å². The van der Waals surface area contributed by atoms with Crippen molar-refractivity contribution in [1.29, 1.82) is 0 Å². The minimum Gasteiger partial charge on any atom is -0.494 e. The van der Waals surface area contributed by atoms with Gasteiger partial charge in [-0.25, -0.2) is 0 Å². The molecule has 1 aromatic carbocycles. The molecule has 1 heterocycles. The van der Waals surface area contributed by atoms with E-state index in [2.05, 4.69) is 31.3 Å². The first-order valence-corrected chi connectivity index (χ1v) is 7.42. The van der Waals surface area contributed by atoms with E-state index < -0.39 is 0 Å². The van der Waals surface area contributed by atoms with E-state index in [0.29, 0.717) is 12.1 Å². The van der Waals surface area contributed by atoms with Crippen LogP contribution in [0.2, 0.25) is 0 Å². The molecule has 0 amide bonds. The van der Waals surface area contributed by atoms with Gasteiger partial charge >= 0.3 is 0 Å². The topological polar surface area (TPSA) is 30.5 Å². The fourth-order valence-corrected chi connectivity index (χ4v) is 2.43. The molecule has 3 heteroatoms. The molecule has 1 aliphatic heterocycles. The van der Waals surface area contributed by atoms with E-state index >= 15 is 0 Å². The molecular weight excluding hydrogens is 238 g/mol. The van der Waals surface area contributed by atoms with Gasteiger partial charge in [0.2, 0.25) is 0 Å². The maximum absolute atomic E-state index is 5.71. The zero-order chi connectivity index (χ0) is 13.5. The average Bonchev–Trinajstić information content (AvgIpc) is 2.46. The summed E-state index contributed by atoms with van der Waals surface area (Å²) in [6.45, 7) is 5.95. The van der Waals surface area contributed by atoms with Crippen LogP contribution in [-0.2, 0) is 4.74 Å². The summed E-state index contributed by atoms with van der Waals surface area (Å²) in [6, 6.07) is 8.77. The van der Waals surface area contributed by atoms with Crippen LogP contribution in [0.5, 0.6) is 5.75 Å². The van der Waals surface area contributed by atoms with Crippen molar-refractivity contribution in [3.8, 4) is 5.75 Å². The molecule has 1 aromatic rings. The van der Waals surface area contributed by atoms with Crippen LogP contribution in [0.3, 0.4) is 0 Å². The van der Waals surface area contributed by atoms with E-state index in [-0.39, 0.29) is 0 Å². The van der Waals surface area contributed by atoms with Crippen molar-refractivity contribution in [2.24, 2.45) is 0 Å². The van der Waals surface area contributed by atoms with Gasteiger partial charge in [0.25, 0.3) is 0 Å². The third-order valence-corrected chi connectivity index (χ3v) is 3.50. The number of ether oxygens (including phenoxy) is 2. The predicted octanol–water partition coefficient (Wildman–Crippen LogP) is 3.84. The lowest BCUT2D eigenvalue weighted by molar-refractivity contribution is 0.00925. The molecule has 0 radical (unpaired) electrons. The standard InChI is InChI=1S/C16H25NO2/c1-3-9-18-16-7-5-6-13(12-16)17-14-8-10-19-15(4-2)11-14/h5-7,12,14-15,17H,3-4,8-11H2,1-2H3. The molecule has 106 valence electrons. The van der Waals surface area contributed by atoms with E-state index in [4.69, 9.17) is 9.47 Å². The van der Waals surface area contributed by atoms with Crippen molar-refractivity contribution in [3.63, 3.8) is 0 Å². The molecule has 1 aliphatic rings. The normalized spacial score (nSPS) is 23.1. The Bertz CT molecular complexity index is 381.